The van der Waals surface area contributed by atoms with Crippen molar-refractivity contribution in [2.75, 3.05) is 12.4 Å². The molecule has 1 rings (SSSR count). The van der Waals surface area contributed by atoms with E-state index in [-0.39, 0.29) is 5.97 Å². The van der Waals surface area contributed by atoms with Gasteiger partial charge in [-0.15, -0.1) is 0 Å². The average Bonchev–Trinajstić information content (AvgIpc) is 2.27. The molecule has 3 nitrogen and oxygen atoms in total. The van der Waals surface area contributed by atoms with Gasteiger partial charge in [0, 0.05) is 5.69 Å². The molecule has 0 atom stereocenters. The summed E-state index contributed by atoms with van der Waals surface area (Å²) in [6, 6.07) is 8.02. The molecule has 1 aromatic carbocycles. The number of para-hydroxylation sites is 1. The number of carbonyl (C=O) groups excluding carboxylic acids is 1. The van der Waals surface area contributed by atoms with Gasteiger partial charge in [0.2, 0.25) is 0 Å². The molecule has 0 bridgehead atoms. The second-order valence-electron chi connectivity index (χ2n) is 4.98. The number of esters is 1. The highest BCUT2D eigenvalue weighted by molar-refractivity contribution is 5.83. The molecule has 3 heteroatoms. The highest BCUT2D eigenvalue weighted by atomic mass is 16.5. The average molecular weight is 235 g/mol. The van der Waals surface area contributed by atoms with Gasteiger partial charge in [0.05, 0.1) is 7.11 Å². The van der Waals surface area contributed by atoms with Crippen LogP contribution in [0.5, 0.6) is 0 Å². The molecular formula is C14H21NO2. The molecule has 17 heavy (non-hydrogen) atoms. The molecule has 0 unspecified atom stereocenters. The number of benzene rings is 1. The summed E-state index contributed by atoms with van der Waals surface area (Å²) < 4.78 is 4.79. The molecule has 0 spiro atoms. The zero-order chi connectivity index (χ0) is 13.1. The van der Waals surface area contributed by atoms with Crippen LogP contribution in [-0.4, -0.2) is 18.6 Å². The van der Waals surface area contributed by atoms with Crippen LogP contribution < -0.4 is 5.32 Å². The molecule has 0 fully saturated rings. The van der Waals surface area contributed by atoms with Crippen LogP contribution in [0.15, 0.2) is 24.3 Å². The van der Waals surface area contributed by atoms with E-state index in [0.29, 0.717) is 5.92 Å². The van der Waals surface area contributed by atoms with E-state index in [0.717, 1.165) is 5.69 Å². The predicted octanol–water partition coefficient (Wildman–Crippen LogP) is 3.17. The number of carbonyl (C=O) groups is 1. The molecule has 0 saturated carbocycles. The van der Waals surface area contributed by atoms with Gasteiger partial charge in [-0.3, -0.25) is 0 Å². The third-order valence-electron chi connectivity index (χ3n) is 2.73. The highest BCUT2D eigenvalue weighted by Gasteiger charge is 2.29. The van der Waals surface area contributed by atoms with E-state index < -0.39 is 5.54 Å². The summed E-state index contributed by atoms with van der Waals surface area (Å²) in [7, 11) is 1.40. The molecule has 94 valence electrons. The number of methoxy groups -OCH3 is 1. The fourth-order valence-corrected chi connectivity index (χ4v) is 1.76. The Kier molecular flexibility index (Phi) is 4.16. The lowest BCUT2D eigenvalue weighted by atomic mass is 9.98. The van der Waals surface area contributed by atoms with Crippen molar-refractivity contribution in [2.24, 2.45) is 0 Å². The standard InChI is InChI=1S/C14H21NO2/c1-10(2)11-8-6-7-9-12(11)15-14(3,4)13(16)17-5/h6-10,15H,1-5H3. The molecule has 0 amide bonds. The monoisotopic (exact) mass is 235 g/mol. The Bertz CT molecular complexity index is 397. The van der Waals surface area contributed by atoms with Crippen LogP contribution >= 0.6 is 0 Å². The zero-order valence-electron chi connectivity index (χ0n) is 11.2. The molecular weight excluding hydrogens is 214 g/mol. The molecule has 1 aromatic rings. The van der Waals surface area contributed by atoms with Crippen molar-refractivity contribution in [1.29, 1.82) is 0 Å². The van der Waals surface area contributed by atoms with Crippen molar-refractivity contribution in [3.8, 4) is 0 Å². The summed E-state index contributed by atoms with van der Waals surface area (Å²) in [4.78, 5) is 11.6. The Hall–Kier alpha value is -1.51. The molecule has 0 saturated heterocycles. The van der Waals surface area contributed by atoms with Gasteiger partial charge < -0.3 is 10.1 Å². The number of rotatable bonds is 4. The first-order valence-corrected chi connectivity index (χ1v) is 5.84. The Morgan fingerprint density at radius 1 is 1.29 bits per heavy atom. The molecule has 0 radical (unpaired) electrons. The van der Waals surface area contributed by atoms with E-state index in [1.165, 1.54) is 12.7 Å². The maximum Gasteiger partial charge on any atom is 0.330 e. The number of anilines is 1. The van der Waals surface area contributed by atoms with Gasteiger partial charge in [-0.1, -0.05) is 32.0 Å². The van der Waals surface area contributed by atoms with Gasteiger partial charge in [-0.2, -0.15) is 0 Å². The summed E-state index contributed by atoms with van der Waals surface area (Å²) in [5.41, 5.74) is 1.46. The fraction of sp³-hybridized carbons (Fsp3) is 0.500. The number of hydrogen-bond acceptors (Lipinski definition) is 3. The van der Waals surface area contributed by atoms with Gasteiger partial charge in [-0.05, 0) is 31.4 Å². The Morgan fingerprint density at radius 2 is 1.88 bits per heavy atom. The van der Waals surface area contributed by atoms with Crippen molar-refractivity contribution < 1.29 is 9.53 Å². The summed E-state index contributed by atoms with van der Waals surface area (Å²) in [5.74, 6) is 0.142. The first-order valence-electron chi connectivity index (χ1n) is 5.84. The SMILES string of the molecule is COC(=O)C(C)(C)Nc1ccccc1C(C)C. The van der Waals surface area contributed by atoms with Crippen LogP contribution in [0.3, 0.4) is 0 Å². The molecule has 1 N–H and O–H groups in total. The van der Waals surface area contributed by atoms with Crippen molar-refractivity contribution in [3.63, 3.8) is 0 Å². The van der Waals surface area contributed by atoms with Crippen LogP contribution in [0, 0.1) is 0 Å². The van der Waals surface area contributed by atoms with E-state index >= 15 is 0 Å². The minimum Gasteiger partial charge on any atom is -0.467 e. The van der Waals surface area contributed by atoms with E-state index in [9.17, 15) is 4.79 Å². The van der Waals surface area contributed by atoms with Gasteiger partial charge >= 0.3 is 5.97 Å². The van der Waals surface area contributed by atoms with Crippen molar-refractivity contribution in [2.45, 2.75) is 39.2 Å². The maximum absolute atomic E-state index is 11.6. The number of ether oxygens (including phenoxy) is 1. The molecule has 0 aliphatic heterocycles. The Labute approximate surface area is 103 Å². The predicted molar refractivity (Wildman–Crippen MR) is 70.2 cm³/mol. The number of nitrogens with one attached hydrogen (secondary N) is 1. The smallest absolute Gasteiger partial charge is 0.330 e. The summed E-state index contributed by atoms with van der Waals surface area (Å²) in [5, 5.41) is 3.24. The van der Waals surface area contributed by atoms with Crippen molar-refractivity contribution in [1.82, 2.24) is 0 Å². The van der Waals surface area contributed by atoms with Crippen LogP contribution in [-0.2, 0) is 9.53 Å². The normalized spacial score (nSPS) is 11.4. The van der Waals surface area contributed by atoms with Crippen LogP contribution in [0.25, 0.3) is 0 Å². The third kappa shape index (κ3) is 3.22. The first-order chi connectivity index (χ1) is 7.88. The number of hydrogen-bond donors (Lipinski definition) is 1. The first kappa shape index (κ1) is 13.6. The lowest BCUT2D eigenvalue weighted by Crippen LogP contribution is -2.41. The van der Waals surface area contributed by atoms with Crippen molar-refractivity contribution >= 4 is 11.7 Å². The van der Waals surface area contributed by atoms with Gasteiger partial charge in [-0.25, -0.2) is 4.79 Å². The summed E-state index contributed by atoms with van der Waals surface area (Å²) >= 11 is 0. The van der Waals surface area contributed by atoms with E-state index in [4.69, 9.17) is 4.74 Å². The van der Waals surface area contributed by atoms with Gasteiger partial charge in [0.15, 0.2) is 0 Å². The second-order valence-corrected chi connectivity index (χ2v) is 4.98. The summed E-state index contributed by atoms with van der Waals surface area (Å²) in [6.07, 6.45) is 0. The van der Waals surface area contributed by atoms with Crippen LogP contribution in [0.1, 0.15) is 39.2 Å². The largest absolute Gasteiger partial charge is 0.467 e. The fourth-order valence-electron chi connectivity index (χ4n) is 1.76. The molecule has 0 heterocycles. The minimum absolute atomic E-state index is 0.268. The topological polar surface area (TPSA) is 38.3 Å². The molecule has 0 aromatic heterocycles. The maximum atomic E-state index is 11.6. The molecule has 0 aliphatic carbocycles. The Balaban J connectivity index is 2.99. The summed E-state index contributed by atoms with van der Waals surface area (Å²) in [6.45, 7) is 7.89. The lowest BCUT2D eigenvalue weighted by molar-refractivity contribution is -0.144. The van der Waals surface area contributed by atoms with Gasteiger partial charge in [0.1, 0.15) is 5.54 Å². The van der Waals surface area contributed by atoms with Crippen LogP contribution in [0.2, 0.25) is 0 Å². The van der Waals surface area contributed by atoms with Crippen LogP contribution in [0.4, 0.5) is 5.69 Å². The van der Waals surface area contributed by atoms with E-state index in [1.54, 1.807) is 0 Å². The minimum atomic E-state index is -0.722. The molecule has 0 aliphatic rings. The highest BCUT2D eigenvalue weighted by Crippen LogP contribution is 2.26. The van der Waals surface area contributed by atoms with Gasteiger partial charge in [0.25, 0.3) is 0 Å². The van der Waals surface area contributed by atoms with Crippen molar-refractivity contribution in [3.05, 3.63) is 29.8 Å². The van der Waals surface area contributed by atoms with E-state index in [2.05, 4.69) is 25.2 Å². The third-order valence-corrected chi connectivity index (χ3v) is 2.73. The second kappa shape index (κ2) is 5.21. The lowest BCUT2D eigenvalue weighted by Gasteiger charge is -2.26. The zero-order valence-corrected chi connectivity index (χ0v) is 11.2. The quantitative estimate of drug-likeness (QED) is 0.815. The van der Waals surface area contributed by atoms with E-state index in [1.807, 2.05) is 32.0 Å². The Morgan fingerprint density at radius 3 is 2.41 bits per heavy atom.